The number of aliphatic imine (C=N–C) groups is 1. The van der Waals surface area contributed by atoms with Crippen molar-refractivity contribution in [3.8, 4) is 36.4 Å². The number of nitrogens with one attached hydrogen (secondary N) is 1. The van der Waals surface area contributed by atoms with Gasteiger partial charge < -0.3 is 16.8 Å². The zero-order valence-corrected chi connectivity index (χ0v) is 35.7. The number of pyridine rings is 2. The van der Waals surface area contributed by atoms with Crippen molar-refractivity contribution in [1.29, 1.82) is 0 Å². The fourth-order valence-electron chi connectivity index (χ4n) is 5.31. The van der Waals surface area contributed by atoms with Crippen molar-refractivity contribution in [1.82, 2.24) is 15.3 Å². The van der Waals surface area contributed by atoms with Crippen LogP contribution in [-0.2, 0) is 0 Å². The molecular formula is C46H69F3N6. The molecule has 9 heteroatoms. The second kappa shape index (κ2) is 32.6. The molecule has 1 saturated carbocycles. The highest BCUT2D eigenvalue weighted by Gasteiger charge is 2.34. The smallest absolute Gasteiger partial charge is 0.283 e. The average Bonchev–Trinajstić information content (AvgIpc) is 4.05. The first kappa shape index (κ1) is 54.5. The lowest BCUT2D eigenvalue weighted by Gasteiger charge is -2.22. The van der Waals surface area contributed by atoms with E-state index in [1.807, 2.05) is 47.8 Å². The molecule has 0 aliphatic heterocycles. The molecule has 5 N–H and O–H groups in total. The van der Waals surface area contributed by atoms with Gasteiger partial charge in [-0.05, 0) is 107 Å². The standard InChI is InChI=1S/C24H28F3N3.C12H18N2.C3H4.2C2H6.C2H2.CH5N/c1-5-10-28-13-19(16-7-8-16)20-12-18(14(3)6-2)15(4)22(30-20)17-9-11-29-23(21(17)25)24(26)27;1-4-5-14-8-11-7-9(2)6-10(3)12(11)13;1-3-2;4*1-2/h9-12,14,16,19,24,28H,1,6-8,13H2,2-4H3;6-8H,4-5,13H2,1-3H3;1H,2H3;2*1-2H3;1-2H;2H2,1H3. The van der Waals surface area contributed by atoms with Gasteiger partial charge in [0, 0.05) is 60.1 Å². The van der Waals surface area contributed by atoms with E-state index >= 15 is 0 Å². The summed E-state index contributed by atoms with van der Waals surface area (Å²) < 4.78 is 41.4. The quantitative estimate of drug-likeness (QED) is 0.0738. The summed E-state index contributed by atoms with van der Waals surface area (Å²) in [5, 5.41) is 3.21. The molecule has 2 atom stereocenters. The van der Waals surface area contributed by atoms with Gasteiger partial charge in [0.15, 0.2) is 5.82 Å². The molecule has 0 bridgehead atoms. The molecule has 1 aromatic carbocycles. The largest absolute Gasteiger partial charge is 0.398 e. The molecule has 4 rings (SSSR count). The maximum Gasteiger partial charge on any atom is 0.283 e. The highest BCUT2D eigenvalue weighted by atomic mass is 19.3. The molecule has 2 aromatic heterocycles. The van der Waals surface area contributed by atoms with Crippen LogP contribution >= 0.6 is 0 Å². The van der Waals surface area contributed by atoms with Crippen LogP contribution in [0.1, 0.15) is 139 Å². The summed E-state index contributed by atoms with van der Waals surface area (Å²) >= 11 is 0. The van der Waals surface area contributed by atoms with Crippen molar-refractivity contribution < 1.29 is 13.2 Å². The van der Waals surface area contributed by atoms with Gasteiger partial charge in [0.2, 0.25) is 0 Å². The van der Waals surface area contributed by atoms with Gasteiger partial charge in [0.05, 0.1) is 5.69 Å². The van der Waals surface area contributed by atoms with Crippen LogP contribution in [0.3, 0.4) is 0 Å². The van der Waals surface area contributed by atoms with E-state index < -0.39 is 17.9 Å². The number of aromatic nitrogens is 2. The van der Waals surface area contributed by atoms with Crippen molar-refractivity contribution in [2.45, 2.75) is 120 Å². The van der Waals surface area contributed by atoms with E-state index in [9.17, 15) is 13.2 Å². The van der Waals surface area contributed by atoms with Crippen LogP contribution in [0.25, 0.3) is 11.3 Å². The van der Waals surface area contributed by atoms with Gasteiger partial charge in [0.1, 0.15) is 5.69 Å². The lowest BCUT2D eigenvalue weighted by Crippen LogP contribution is -2.20. The maximum atomic E-state index is 14.9. The van der Waals surface area contributed by atoms with Gasteiger partial charge in [0.25, 0.3) is 6.43 Å². The van der Waals surface area contributed by atoms with Crippen molar-refractivity contribution in [3.63, 3.8) is 0 Å². The van der Waals surface area contributed by atoms with Crippen LogP contribution in [0.2, 0.25) is 0 Å². The number of aryl methyl sites for hydroxylation is 2. The van der Waals surface area contributed by atoms with Crippen molar-refractivity contribution >= 4 is 11.9 Å². The van der Waals surface area contributed by atoms with Gasteiger partial charge in [-0.3, -0.25) is 15.0 Å². The Morgan fingerprint density at radius 2 is 1.65 bits per heavy atom. The van der Waals surface area contributed by atoms with Crippen LogP contribution in [0.5, 0.6) is 0 Å². The second-order valence-corrected chi connectivity index (χ2v) is 11.9. The van der Waals surface area contributed by atoms with E-state index in [0.717, 1.165) is 65.9 Å². The van der Waals surface area contributed by atoms with Crippen molar-refractivity contribution in [2.24, 2.45) is 16.6 Å². The third-order valence-electron chi connectivity index (χ3n) is 8.11. The van der Waals surface area contributed by atoms with E-state index in [4.69, 9.17) is 10.7 Å². The minimum Gasteiger partial charge on any atom is -0.398 e. The Bertz CT molecular complexity index is 1630. The number of anilines is 1. The Hall–Kier alpha value is -4.82. The fourth-order valence-corrected chi connectivity index (χ4v) is 5.31. The topological polar surface area (TPSA) is 102 Å². The van der Waals surface area contributed by atoms with Gasteiger partial charge in [-0.2, -0.15) is 0 Å². The first-order valence-electron chi connectivity index (χ1n) is 19.1. The number of halogens is 3. The van der Waals surface area contributed by atoms with Gasteiger partial charge >= 0.3 is 0 Å². The first-order chi connectivity index (χ1) is 26.4. The average molecular weight is 763 g/mol. The third kappa shape index (κ3) is 18.9. The summed E-state index contributed by atoms with van der Waals surface area (Å²) in [4.78, 5) is 12.7. The minimum absolute atomic E-state index is 0.0812. The number of nitrogens with zero attached hydrogens (tertiary/aromatic N) is 3. The molecule has 0 spiro atoms. The highest BCUT2D eigenvalue weighted by molar-refractivity contribution is 5.88. The predicted molar refractivity (Wildman–Crippen MR) is 233 cm³/mol. The number of rotatable bonds is 12. The van der Waals surface area contributed by atoms with Gasteiger partial charge in [-0.25, -0.2) is 13.2 Å². The summed E-state index contributed by atoms with van der Waals surface area (Å²) in [7, 11) is 1.50. The number of hydrogen-bond acceptors (Lipinski definition) is 6. The highest BCUT2D eigenvalue weighted by Crippen LogP contribution is 2.44. The molecule has 1 fully saturated rings. The molecular weight excluding hydrogens is 694 g/mol. The predicted octanol–water partition coefficient (Wildman–Crippen LogP) is 11.7. The SMILES string of the molecule is C#C.C#CC.C=C=CNCC(c1cc(C(C)CC)c(C)c(-c2ccnc(C(F)F)c2F)n1)C1CC1.CC.CC.CCCN=Cc1cc(C)cc(C)c1N.CN. The monoisotopic (exact) mass is 763 g/mol. The molecule has 55 heavy (non-hydrogen) atoms. The Balaban J connectivity index is -0.000000902. The van der Waals surface area contributed by atoms with Crippen LogP contribution in [0, 0.1) is 57.7 Å². The lowest BCUT2D eigenvalue weighted by molar-refractivity contribution is 0.140. The van der Waals surface area contributed by atoms with Crippen LogP contribution < -0.4 is 16.8 Å². The molecule has 1 aliphatic carbocycles. The third-order valence-corrected chi connectivity index (χ3v) is 8.11. The Morgan fingerprint density at radius 1 is 1.07 bits per heavy atom. The number of terminal acetylenes is 2. The molecule has 2 unspecified atom stereocenters. The van der Waals surface area contributed by atoms with E-state index in [0.29, 0.717) is 18.2 Å². The van der Waals surface area contributed by atoms with Crippen LogP contribution in [0.15, 0.2) is 54.0 Å². The molecule has 2 heterocycles. The molecule has 0 radical (unpaired) electrons. The summed E-state index contributed by atoms with van der Waals surface area (Å²) in [6.07, 6.45) is 18.6. The number of alkyl halides is 2. The molecule has 0 saturated heterocycles. The van der Waals surface area contributed by atoms with Gasteiger partial charge in [-0.1, -0.05) is 66.7 Å². The maximum absolute atomic E-state index is 14.9. The summed E-state index contributed by atoms with van der Waals surface area (Å²) in [5.41, 5.74) is 19.8. The summed E-state index contributed by atoms with van der Waals surface area (Å²) in [6.45, 7) is 27.1. The van der Waals surface area contributed by atoms with Crippen LogP contribution in [-0.4, -0.2) is 36.3 Å². The van der Waals surface area contributed by atoms with E-state index in [-0.39, 0.29) is 17.4 Å². The van der Waals surface area contributed by atoms with E-state index in [1.54, 1.807) is 13.1 Å². The Labute approximate surface area is 332 Å². The normalized spacial score (nSPS) is 11.8. The summed E-state index contributed by atoms with van der Waals surface area (Å²) in [6, 6.07) is 7.71. The van der Waals surface area contributed by atoms with Crippen molar-refractivity contribution in [3.05, 3.63) is 94.0 Å². The minimum atomic E-state index is -2.98. The molecule has 304 valence electrons. The Morgan fingerprint density at radius 3 is 2.15 bits per heavy atom. The molecule has 0 amide bonds. The zero-order valence-electron chi connectivity index (χ0n) is 35.7. The first-order valence-corrected chi connectivity index (χ1v) is 19.1. The van der Waals surface area contributed by atoms with Crippen molar-refractivity contribution in [2.75, 3.05) is 25.9 Å². The summed E-state index contributed by atoms with van der Waals surface area (Å²) in [5.74, 6) is 2.15. The second-order valence-electron chi connectivity index (χ2n) is 11.9. The number of hydrogen-bond donors (Lipinski definition) is 3. The Kier molecular flexibility index (Phi) is 32.3. The van der Waals surface area contributed by atoms with E-state index in [2.05, 4.69) is 104 Å². The number of nitrogen functional groups attached to an aromatic ring is 1. The van der Waals surface area contributed by atoms with Gasteiger partial charge in [-0.15, -0.1) is 30.9 Å². The van der Waals surface area contributed by atoms with E-state index in [1.165, 1.54) is 24.9 Å². The van der Waals surface area contributed by atoms with Crippen LogP contribution in [0.4, 0.5) is 18.9 Å². The lowest BCUT2D eigenvalue weighted by atomic mass is 9.88. The molecule has 1 aliphatic rings. The fraction of sp³-hybridized carbons (Fsp3) is 0.478. The number of benzene rings is 1. The molecule has 3 aromatic rings. The zero-order chi connectivity index (χ0) is 43.1. The molecule has 6 nitrogen and oxygen atoms in total. The number of nitrogens with two attached hydrogens (primary N) is 2.